The second kappa shape index (κ2) is 8.86. The van der Waals surface area contributed by atoms with E-state index < -0.39 is 6.10 Å². The van der Waals surface area contributed by atoms with Crippen LogP contribution in [0.5, 0.6) is 0 Å². The van der Waals surface area contributed by atoms with Crippen LogP contribution in [-0.2, 0) is 6.42 Å². The molecule has 0 heterocycles. The third-order valence-electron chi connectivity index (χ3n) is 5.32. The minimum absolute atomic E-state index is 0.390. The standard InChI is InChI=1S/C25H36O/c1-8-9-10-21-22(16(2)3)15-23(17(4)5)24(19(7)26)25(21)20-13-11-18(6)12-14-20/h11-17,19,26H,8-10H2,1-7H3. The normalized spacial score (nSPS) is 12.8. The summed E-state index contributed by atoms with van der Waals surface area (Å²) >= 11 is 0. The number of hydrogen-bond acceptors (Lipinski definition) is 1. The molecule has 0 amide bonds. The molecule has 142 valence electrons. The van der Waals surface area contributed by atoms with E-state index in [1.54, 1.807) is 0 Å². The number of aliphatic hydroxyl groups is 1. The van der Waals surface area contributed by atoms with E-state index >= 15 is 0 Å². The summed E-state index contributed by atoms with van der Waals surface area (Å²) in [6.45, 7) is 15.3. The van der Waals surface area contributed by atoms with Crippen molar-refractivity contribution in [3.05, 3.63) is 58.1 Å². The lowest BCUT2D eigenvalue weighted by molar-refractivity contribution is 0.198. The average molecular weight is 353 g/mol. The van der Waals surface area contributed by atoms with Gasteiger partial charge in [-0.2, -0.15) is 0 Å². The van der Waals surface area contributed by atoms with Gasteiger partial charge in [-0.05, 0) is 71.9 Å². The van der Waals surface area contributed by atoms with Gasteiger partial charge in [0.1, 0.15) is 0 Å². The van der Waals surface area contributed by atoms with E-state index in [1.807, 2.05) is 6.92 Å². The fourth-order valence-corrected chi connectivity index (χ4v) is 3.90. The predicted octanol–water partition coefficient (Wildman–Crippen LogP) is 7.30. The summed E-state index contributed by atoms with van der Waals surface area (Å²) in [5.74, 6) is 0.869. The Labute approximate surface area is 160 Å². The quantitative estimate of drug-likeness (QED) is 0.554. The van der Waals surface area contributed by atoms with Crippen LogP contribution in [0.25, 0.3) is 11.1 Å². The number of benzene rings is 2. The van der Waals surface area contributed by atoms with Gasteiger partial charge >= 0.3 is 0 Å². The lowest BCUT2D eigenvalue weighted by Gasteiger charge is -2.27. The minimum atomic E-state index is -0.467. The average Bonchev–Trinajstić information content (AvgIpc) is 2.58. The molecule has 2 aromatic rings. The lowest BCUT2D eigenvalue weighted by Crippen LogP contribution is -2.10. The van der Waals surface area contributed by atoms with Gasteiger partial charge in [-0.25, -0.2) is 0 Å². The molecule has 1 N–H and O–H groups in total. The zero-order valence-corrected chi connectivity index (χ0v) is 17.7. The van der Waals surface area contributed by atoms with E-state index in [-0.39, 0.29) is 0 Å². The highest BCUT2D eigenvalue weighted by molar-refractivity contribution is 5.75. The number of unbranched alkanes of at least 4 members (excludes halogenated alkanes) is 1. The largest absolute Gasteiger partial charge is 0.389 e. The van der Waals surface area contributed by atoms with Gasteiger partial charge in [-0.1, -0.05) is 76.9 Å². The van der Waals surface area contributed by atoms with Crippen molar-refractivity contribution in [3.63, 3.8) is 0 Å². The first-order chi connectivity index (χ1) is 12.3. The van der Waals surface area contributed by atoms with Crippen molar-refractivity contribution in [1.29, 1.82) is 0 Å². The molecule has 1 unspecified atom stereocenters. The first-order valence-electron chi connectivity index (χ1n) is 10.2. The molecule has 0 radical (unpaired) electrons. The molecule has 0 spiro atoms. The zero-order valence-electron chi connectivity index (χ0n) is 17.7. The van der Waals surface area contributed by atoms with E-state index in [0.29, 0.717) is 11.8 Å². The van der Waals surface area contributed by atoms with Crippen LogP contribution in [0, 0.1) is 6.92 Å². The molecule has 1 heteroatoms. The molecule has 2 aromatic carbocycles. The van der Waals surface area contributed by atoms with Crippen molar-refractivity contribution in [2.45, 2.75) is 85.7 Å². The Morgan fingerprint density at radius 3 is 1.92 bits per heavy atom. The highest BCUT2D eigenvalue weighted by Gasteiger charge is 2.24. The summed E-state index contributed by atoms with van der Waals surface area (Å²) in [5.41, 5.74) is 9.09. The first-order valence-corrected chi connectivity index (χ1v) is 10.2. The molecule has 0 bridgehead atoms. The minimum Gasteiger partial charge on any atom is -0.389 e. The Balaban J connectivity index is 2.90. The fraction of sp³-hybridized carbons (Fsp3) is 0.520. The smallest absolute Gasteiger partial charge is 0.0770 e. The summed E-state index contributed by atoms with van der Waals surface area (Å²) in [5, 5.41) is 10.7. The molecular formula is C25H36O. The van der Waals surface area contributed by atoms with Crippen molar-refractivity contribution in [3.8, 4) is 11.1 Å². The van der Waals surface area contributed by atoms with E-state index in [9.17, 15) is 5.11 Å². The molecule has 1 nitrogen and oxygen atoms in total. The maximum atomic E-state index is 10.7. The monoisotopic (exact) mass is 352 g/mol. The second-order valence-corrected chi connectivity index (χ2v) is 8.28. The van der Waals surface area contributed by atoms with Crippen molar-refractivity contribution in [2.75, 3.05) is 0 Å². The van der Waals surface area contributed by atoms with Crippen LogP contribution in [0.4, 0.5) is 0 Å². The topological polar surface area (TPSA) is 20.2 Å². The Morgan fingerprint density at radius 1 is 0.885 bits per heavy atom. The van der Waals surface area contributed by atoms with Crippen molar-refractivity contribution in [2.24, 2.45) is 0 Å². The molecule has 26 heavy (non-hydrogen) atoms. The molecule has 0 saturated carbocycles. The molecule has 1 atom stereocenters. The van der Waals surface area contributed by atoms with Gasteiger partial charge in [0, 0.05) is 0 Å². The van der Waals surface area contributed by atoms with E-state index in [2.05, 4.69) is 71.9 Å². The second-order valence-electron chi connectivity index (χ2n) is 8.28. The van der Waals surface area contributed by atoms with Crippen LogP contribution < -0.4 is 0 Å². The van der Waals surface area contributed by atoms with Crippen LogP contribution in [0.2, 0.25) is 0 Å². The Morgan fingerprint density at radius 2 is 1.46 bits per heavy atom. The van der Waals surface area contributed by atoms with Gasteiger partial charge in [0.2, 0.25) is 0 Å². The molecule has 0 aliphatic rings. The predicted molar refractivity (Wildman–Crippen MR) is 114 cm³/mol. The SMILES string of the molecule is CCCCc1c(C(C)C)cc(C(C)C)c(C(C)O)c1-c1ccc(C)cc1. The highest BCUT2D eigenvalue weighted by atomic mass is 16.3. The fourth-order valence-electron chi connectivity index (χ4n) is 3.90. The van der Waals surface area contributed by atoms with Crippen LogP contribution in [0.1, 0.15) is 100 Å². The molecule has 0 aliphatic heterocycles. The molecule has 0 saturated heterocycles. The zero-order chi connectivity index (χ0) is 19.4. The summed E-state index contributed by atoms with van der Waals surface area (Å²) in [6, 6.07) is 11.2. The van der Waals surface area contributed by atoms with Crippen molar-refractivity contribution in [1.82, 2.24) is 0 Å². The van der Waals surface area contributed by atoms with Gasteiger partial charge in [-0.15, -0.1) is 0 Å². The summed E-state index contributed by atoms with van der Waals surface area (Å²) in [6.07, 6.45) is 2.97. The van der Waals surface area contributed by atoms with E-state index in [0.717, 1.165) is 12.0 Å². The number of aryl methyl sites for hydroxylation is 1. The summed E-state index contributed by atoms with van der Waals surface area (Å²) < 4.78 is 0. The number of hydrogen-bond donors (Lipinski definition) is 1. The Hall–Kier alpha value is -1.60. The highest BCUT2D eigenvalue weighted by Crippen LogP contribution is 2.41. The van der Waals surface area contributed by atoms with Gasteiger partial charge in [-0.3, -0.25) is 0 Å². The van der Waals surface area contributed by atoms with Crippen LogP contribution in [0.3, 0.4) is 0 Å². The molecular weight excluding hydrogens is 316 g/mol. The number of rotatable bonds is 7. The maximum absolute atomic E-state index is 10.7. The lowest BCUT2D eigenvalue weighted by atomic mass is 9.78. The molecule has 0 aliphatic carbocycles. The third kappa shape index (κ3) is 4.38. The Kier molecular flexibility index (Phi) is 7.06. The van der Waals surface area contributed by atoms with Gasteiger partial charge in [0.05, 0.1) is 6.10 Å². The van der Waals surface area contributed by atoms with Crippen LogP contribution in [0.15, 0.2) is 30.3 Å². The van der Waals surface area contributed by atoms with Crippen molar-refractivity contribution < 1.29 is 5.11 Å². The third-order valence-corrected chi connectivity index (χ3v) is 5.32. The van der Waals surface area contributed by atoms with Gasteiger partial charge < -0.3 is 5.11 Å². The van der Waals surface area contributed by atoms with Crippen LogP contribution in [-0.4, -0.2) is 5.11 Å². The maximum Gasteiger partial charge on any atom is 0.0770 e. The van der Waals surface area contributed by atoms with Gasteiger partial charge in [0.25, 0.3) is 0 Å². The van der Waals surface area contributed by atoms with E-state index in [1.165, 1.54) is 46.2 Å². The Bertz CT molecular complexity index is 721. The number of aliphatic hydroxyl groups excluding tert-OH is 1. The van der Waals surface area contributed by atoms with Crippen molar-refractivity contribution >= 4 is 0 Å². The van der Waals surface area contributed by atoms with Gasteiger partial charge in [0.15, 0.2) is 0 Å². The molecule has 0 aromatic heterocycles. The summed E-state index contributed by atoms with van der Waals surface area (Å²) in [4.78, 5) is 0. The first kappa shape index (κ1) is 20.7. The van der Waals surface area contributed by atoms with Crippen LogP contribution >= 0.6 is 0 Å². The van der Waals surface area contributed by atoms with E-state index in [4.69, 9.17) is 0 Å². The molecule has 2 rings (SSSR count). The molecule has 0 fully saturated rings. The summed E-state index contributed by atoms with van der Waals surface area (Å²) in [7, 11) is 0.